The number of benzene rings is 1. The average Bonchev–Trinajstić information content (AvgIpc) is 2.88. The fraction of sp³-hybridized carbons (Fsp3) is 0.429. The van der Waals surface area contributed by atoms with E-state index < -0.39 is 0 Å². The maximum Gasteiger partial charge on any atom is 0.231 e. The molecule has 0 bridgehead atoms. The van der Waals surface area contributed by atoms with Crippen molar-refractivity contribution in [1.82, 2.24) is 10.1 Å². The lowest BCUT2D eigenvalue weighted by Gasteiger charge is -2.13. The second-order valence-corrected chi connectivity index (χ2v) is 5.75. The number of methoxy groups -OCH3 is 1. The minimum atomic E-state index is 0.0814. The summed E-state index contributed by atoms with van der Waals surface area (Å²) in [6.45, 7) is 4.67. The van der Waals surface area contributed by atoms with Gasteiger partial charge >= 0.3 is 0 Å². The van der Waals surface area contributed by atoms with Crippen LogP contribution in [0.5, 0.6) is 5.75 Å². The van der Waals surface area contributed by atoms with Crippen molar-refractivity contribution in [2.45, 2.75) is 19.8 Å². The van der Waals surface area contributed by atoms with Crippen molar-refractivity contribution in [1.29, 1.82) is 0 Å². The molecule has 1 atom stereocenters. The molecule has 0 aliphatic carbocycles. The van der Waals surface area contributed by atoms with Crippen LogP contribution >= 0.6 is 15.9 Å². The zero-order valence-corrected chi connectivity index (χ0v) is 13.3. The highest BCUT2D eigenvalue weighted by Gasteiger charge is 2.21. The highest BCUT2D eigenvalue weighted by molar-refractivity contribution is 9.10. The number of hydrogen-bond donors (Lipinski definition) is 1. The van der Waals surface area contributed by atoms with E-state index in [4.69, 9.17) is 15.0 Å². The Morgan fingerprint density at radius 2 is 2.15 bits per heavy atom. The summed E-state index contributed by atoms with van der Waals surface area (Å²) in [6.07, 6.45) is 0. The Balaban J connectivity index is 2.31. The number of nitrogens with two attached hydrogens (primary N) is 1. The van der Waals surface area contributed by atoms with E-state index in [9.17, 15) is 0 Å². The van der Waals surface area contributed by atoms with Gasteiger partial charge in [-0.05, 0) is 40.0 Å². The zero-order valence-electron chi connectivity index (χ0n) is 11.8. The number of rotatable bonds is 5. The SMILES string of the molecule is COc1ccc(-c2noc(C(CN)C(C)C)n2)cc1Br. The van der Waals surface area contributed by atoms with E-state index in [1.165, 1.54) is 0 Å². The minimum Gasteiger partial charge on any atom is -0.496 e. The van der Waals surface area contributed by atoms with E-state index >= 15 is 0 Å². The van der Waals surface area contributed by atoms with Gasteiger partial charge in [-0.25, -0.2) is 0 Å². The van der Waals surface area contributed by atoms with Gasteiger partial charge in [0.25, 0.3) is 0 Å². The molecule has 0 spiro atoms. The van der Waals surface area contributed by atoms with Crippen LogP contribution in [0.1, 0.15) is 25.7 Å². The third kappa shape index (κ3) is 3.02. The lowest BCUT2D eigenvalue weighted by atomic mass is 9.96. The number of nitrogens with zero attached hydrogens (tertiary/aromatic N) is 2. The van der Waals surface area contributed by atoms with Crippen LogP contribution in [0.2, 0.25) is 0 Å². The molecule has 0 saturated carbocycles. The van der Waals surface area contributed by atoms with Crippen LogP contribution in [-0.4, -0.2) is 23.8 Å². The molecule has 1 heterocycles. The number of halogens is 1. The first-order chi connectivity index (χ1) is 9.56. The molecule has 0 amide bonds. The molecule has 2 aromatic rings. The molecule has 0 aliphatic heterocycles. The molecule has 1 aromatic carbocycles. The van der Waals surface area contributed by atoms with E-state index in [0.717, 1.165) is 15.8 Å². The zero-order chi connectivity index (χ0) is 14.7. The molecule has 1 aromatic heterocycles. The molecular formula is C14H18BrN3O2. The van der Waals surface area contributed by atoms with Crippen molar-refractivity contribution >= 4 is 15.9 Å². The van der Waals surface area contributed by atoms with Crippen LogP contribution in [0.15, 0.2) is 27.2 Å². The largest absolute Gasteiger partial charge is 0.496 e. The van der Waals surface area contributed by atoms with Gasteiger partial charge in [0.15, 0.2) is 0 Å². The van der Waals surface area contributed by atoms with Gasteiger partial charge in [0.2, 0.25) is 11.7 Å². The summed E-state index contributed by atoms with van der Waals surface area (Å²) in [5.74, 6) is 2.35. The van der Waals surface area contributed by atoms with Gasteiger partial charge in [-0.1, -0.05) is 19.0 Å². The Morgan fingerprint density at radius 1 is 1.40 bits per heavy atom. The first-order valence-corrected chi connectivity index (χ1v) is 7.23. The van der Waals surface area contributed by atoms with E-state index in [-0.39, 0.29) is 5.92 Å². The molecule has 6 heteroatoms. The molecule has 2 rings (SSSR count). The van der Waals surface area contributed by atoms with Gasteiger partial charge in [0.05, 0.1) is 17.5 Å². The summed E-state index contributed by atoms with van der Waals surface area (Å²) in [5.41, 5.74) is 6.63. The van der Waals surface area contributed by atoms with Crippen LogP contribution in [0.3, 0.4) is 0 Å². The maximum atomic E-state index is 5.76. The Bertz CT molecular complexity index is 584. The van der Waals surface area contributed by atoms with Gasteiger partial charge in [0.1, 0.15) is 5.75 Å². The topological polar surface area (TPSA) is 74.2 Å². The molecule has 0 aliphatic rings. The fourth-order valence-electron chi connectivity index (χ4n) is 1.97. The molecule has 0 saturated heterocycles. The standard InChI is InChI=1S/C14H18BrN3O2/c1-8(2)10(7-16)14-17-13(18-20-14)9-4-5-12(19-3)11(15)6-9/h4-6,8,10H,7,16H2,1-3H3. The summed E-state index contributed by atoms with van der Waals surface area (Å²) in [4.78, 5) is 4.45. The Kier molecular flexibility index (Phi) is 4.77. The van der Waals surface area contributed by atoms with E-state index in [2.05, 4.69) is 39.9 Å². The van der Waals surface area contributed by atoms with Crippen molar-refractivity contribution in [3.63, 3.8) is 0 Å². The predicted molar refractivity (Wildman–Crippen MR) is 80.6 cm³/mol. The van der Waals surface area contributed by atoms with Crippen molar-refractivity contribution < 1.29 is 9.26 Å². The van der Waals surface area contributed by atoms with E-state index in [1.54, 1.807) is 7.11 Å². The Hall–Kier alpha value is -1.40. The Labute approximate surface area is 126 Å². The molecule has 0 fully saturated rings. The van der Waals surface area contributed by atoms with Crippen LogP contribution in [0.4, 0.5) is 0 Å². The van der Waals surface area contributed by atoms with Crippen molar-refractivity contribution in [3.8, 4) is 17.1 Å². The molecule has 1 unspecified atom stereocenters. The highest BCUT2D eigenvalue weighted by atomic mass is 79.9. The first kappa shape index (κ1) is 15.0. The second kappa shape index (κ2) is 6.37. The normalized spacial score (nSPS) is 12.7. The lowest BCUT2D eigenvalue weighted by molar-refractivity contribution is 0.324. The Morgan fingerprint density at radius 3 is 2.70 bits per heavy atom. The van der Waals surface area contributed by atoms with Crippen molar-refractivity contribution in [2.24, 2.45) is 11.7 Å². The number of hydrogen-bond acceptors (Lipinski definition) is 5. The quantitative estimate of drug-likeness (QED) is 0.905. The van der Waals surface area contributed by atoms with Crippen LogP contribution in [0.25, 0.3) is 11.4 Å². The second-order valence-electron chi connectivity index (χ2n) is 4.89. The van der Waals surface area contributed by atoms with Crippen molar-refractivity contribution in [3.05, 3.63) is 28.6 Å². The number of aromatic nitrogens is 2. The summed E-state index contributed by atoms with van der Waals surface area (Å²) in [5, 5.41) is 4.03. The predicted octanol–water partition coefficient (Wildman–Crippen LogP) is 3.21. The minimum absolute atomic E-state index is 0.0814. The third-order valence-corrected chi connectivity index (χ3v) is 3.85. The molecular weight excluding hydrogens is 322 g/mol. The van der Waals surface area contributed by atoms with Gasteiger partial charge < -0.3 is 15.0 Å². The number of ether oxygens (including phenoxy) is 1. The molecule has 5 nitrogen and oxygen atoms in total. The third-order valence-electron chi connectivity index (χ3n) is 3.23. The maximum absolute atomic E-state index is 5.76. The van der Waals surface area contributed by atoms with Gasteiger partial charge in [-0.3, -0.25) is 0 Å². The summed E-state index contributed by atoms with van der Waals surface area (Å²) < 4.78 is 11.4. The summed E-state index contributed by atoms with van der Waals surface area (Å²) in [6, 6.07) is 5.66. The molecule has 0 radical (unpaired) electrons. The van der Waals surface area contributed by atoms with E-state index in [0.29, 0.717) is 24.2 Å². The van der Waals surface area contributed by atoms with Crippen LogP contribution in [-0.2, 0) is 0 Å². The monoisotopic (exact) mass is 339 g/mol. The lowest BCUT2D eigenvalue weighted by Crippen LogP contribution is -2.18. The van der Waals surface area contributed by atoms with E-state index in [1.807, 2.05) is 18.2 Å². The average molecular weight is 340 g/mol. The summed E-state index contributed by atoms with van der Waals surface area (Å²) in [7, 11) is 1.63. The van der Waals surface area contributed by atoms with Crippen LogP contribution < -0.4 is 10.5 Å². The summed E-state index contributed by atoms with van der Waals surface area (Å²) >= 11 is 3.45. The first-order valence-electron chi connectivity index (χ1n) is 6.44. The van der Waals surface area contributed by atoms with Crippen LogP contribution in [0, 0.1) is 5.92 Å². The van der Waals surface area contributed by atoms with Gasteiger partial charge in [-0.15, -0.1) is 0 Å². The molecule has 2 N–H and O–H groups in total. The molecule has 20 heavy (non-hydrogen) atoms. The van der Waals surface area contributed by atoms with Crippen molar-refractivity contribution in [2.75, 3.05) is 13.7 Å². The highest BCUT2D eigenvalue weighted by Crippen LogP contribution is 2.30. The van der Waals surface area contributed by atoms with Gasteiger partial charge in [0, 0.05) is 12.1 Å². The molecule has 108 valence electrons. The smallest absolute Gasteiger partial charge is 0.231 e. The van der Waals surface area contributed by atoms with Gasteiger partial charge in [-0.2, -0.15) is 4.98 Å². The fourth-order valence-corrected chi connectivity index (χ4v) is 2.51.